The Morgan fingerprint density at radius 3 is 2.17 bits per heavy atom. The first-order chi connectivity index (χ1) is 16.5. The number of likely N-dealkylation sites (tertiary alicyclic amines) is 1. The van der Waals surface area contributed by atoms with Gasteiger partial charge >= 0.3 is 6.36 Å². The first-order valence-electron chi connectivity index (χ1n) is 11.2. The van der Waals surface area contributed by atoms with Gasteiger partial charge in [-0.1, -0.05) is 0 Å². The largest absolute Gasteiger partial charge is 0.573 e. The zero-order valence-corrected chi connectivity index (χ0v) is 21.3. The minimum absolute atomic E-state index is 0. The monoisotopic (exact) mass is 561 g/mol. The number of hydrogen-bond acceptors (Lipinski definition) is 8. The van der Waals surface area contributed by atoms with E-state index in [-0.39, 0.29) is 50.2 Å². The number of carbonyl (C=O) groups excluding carboxylic acids is 1. The first kappa shape index (κ1) is 30.4. The van der Waals surface area contributed by atoms with E-state index in [1.54, 1.807) is 12.6 Å². The van der Waals surface area contributed by atoms with Crippen LogP contribution in [0.2, 0.25) is 0 Å². The summed E-state index contributed by atoms with van der Waals surface area (Å²) in [5.41, 5.74) is 1.55. The molecule has 0 atom stereocenters. The lowest BCUT2D eigenvalue weighted by atomic mass is 9.95. The van der Waals surface area contributed by atoms with Gasteiger partial charge in [-0.05, 0) is 49.9 Å². The molecule has 2 fully saturated rings. The number of benzene rings is 1. The van der Waals surface area contributed by atoms with E-state index >= 15 is 0 Å². The molecule has 0 unspecified atom stereocenters. The molecule has 0 saturated carbocycles. The molecule has 0 spiro atoms. The van der Waals surface area contributed by atoms with Crippen LogP contribution >= 0.6 is 12.4 Å². The van der Waals surface area contributed by atoms with Crippen LogP contribution in [0.3, 0.4) is 0 Å². The SMILES string of the molecule is COCCN1CCC(C(=O)NO)(S(=O)(=O)N2CCC(Oc3ccc(OC(F)(F)F)cc3)CC2)CC1.Cl. The van der Waals surface area contributed by atoms with Crippen molar-refractivity contribution in [3.63, 3.8) is 0 Å². The normalized spacial score (nSPS) is 19.8. The fourth-order valence-electron chi connectivity index (χ4n) is 4.41. The van der Waals surface area contributed by atoms with Crippen molar-refractivity contribution in [1.29, 1.82) is 0 Å². The van der Waals surface area contributed by atoms with Gasteiger partial charge in [0.05, 0.1) is 6.61 Å². The van der Waals surface area contributed by atoms with Crippen molar-refractivity contribution in [3.05, 3.63) is 24.3 Å². The second-order valence-corrected chi connectivity index (χ2v) is 10.8. The number of amides is 1. The Balaban J connectivity index is 0.00000456. The number of hydroxylamine groups is 1. The van der Waals surface area contributed by atoms with Gasteiger partial charge in [0, 0.05) is 39.8 Å². The summed E-state index contributed by atoms with van der Waals surface area (Å²) in [5.74, 6) is -0.977. The van der Waals surface area contributed by atoms with E-state index < -0.39 is 27.0 Å². The van der Waals surface area contributed by atoms with Gasteiger partial charge in [0.25, 0.3) is 5.91 Å². The summed E-state index contributed by atoms with van der Waals surface area (Å²) in [4.78, 5) is 14.6. The third-order valence-electron chi connectivity index (χ3n) is 6.39. The van der Waals surface area contributed by atoms with E-state index in [1.807, 2.05) is 4.90 Å². The molecule has 1 amide bonds. The summed E-state index contributed by atoms with van der Waals surface area (Å²) >= 11 is 0. The zero-order chi connectivity index (χ0) is 25.7. The number of sulfonamides is 1. The number of halogens is 4. The number of rotatable bonds is 9. The third kappa shape index (κ3) is 7.13. The lowest BCUT2D eigenvalue weighted by molar-refractivity contribution is -0.274. The number of carbonyl (C=O) groups is 1. The maximum atomic E-state index is 13.6. The smallest absolute Gasteiger partial charge is 0.490 e. The Bertz CT molecular complexity index is 950. The highest BCUT2D eigenvalue weighted by Gasteiger charge is 2.55. The molecule has 0 aromatic heterocycles. The average Bonchev–Trinajstić information content (AvgIpc) is 2.83. The van der Waals surface area contributed by atoms with Gasteiger partial charge in [0.15, 0.2) is 4.75 Å². The molecular formula is C21H31ClF3N3O7S. The summed E-state index contributed by atoms with van der Waals surface area (Å²) in [5, 5.41) is 9.30. The minimum atomic E-state index is -4.79. The molecule has 36 heavy (non-hydrogen) atoms. The standard InChI is InChI=1S/C21H30F3N3O7S.ClH/c1-32-15-14-26-12-8-20(9-13-26,19(28)25-29)35(30,31)27-10-6-17(7-11-27)33-16-2-4-18(5-3-16)34-21(22,23)24;/h2-5,17,29H,6-15H2,1H3,(H,25,28);1H. The van der Waals surface area contributed by atoms with Crippen LogP contribution in [0.25, 0.3) is 0 Å². The van der Waals surface area contributed by atoms with Crippen LogP contribution in [0.5, 0.6) is 11.5 Å². The number of methoxy groups -OCH3 is 1. The van der Waals surface area contributed by atoms with Gasteiger partial charge in [-0.2, -0.15) is 0 Å². The molecule has 0 radical (unpaired) electrons. The van der Waals surface area contributed by atoms with Gasteiger partial charge in [-0.15, -0.1) is 25.6 Å². The van der Waals surface area contributed by atoms with E-state index in [1.165, 1.54) is 16.4 Å². The van der Waals surface area contributed by atoms with Gasteiger partial charge < -0.3 is 19.1 Å². The minimum Gasteiger partial charge on any atom is -0.490 e. The van der Waals surface area contributed by atoms with Crippen LogP contribution in [0.1, 0.15) is 25.7 Å². The number of nitrogens with one attached hydrogen (secondary N) is 1. The topological polar surface area (TPSA) is 118 Å². The van der Waals surface area contributed by atoms with E-state index in [4.69, 9.17) is 9.47 Å². The van der Waals surface area contributed by atoms with Crippen LogP contribution in [0, 0.1) is 0 Å². The van der Waals surface area contributed by atoms with Gasteiger partial charge in [0.1, 0.15) is 17.6 Å². The Morgan fingerprint density at radius 2 is 1.67 bits per heavy atom. The molecule has 15 heteroatoms. The fourth-order valence-corrected chi connectivity index (χ4v) is 6.58. The molecule has 2 N–H and O–H groups in total. The lowest BCUT2D eigenvalue weighted by Crippen LogP contribution is -2.62. The van der Waals surface area contributed by atoms with Crippen LogP contribution in [0.15, 0.2) is 24.3 Å². The van der Waals surface area contributed by atoms with Crippen molar-refractivity contribution < 1.29 is 45.8 Å². The maximum Gasteiger partial charge on any atom is 0.573 e. The molecule has 2 heterocycles. The molecule has 2 aliphatic heterocycles. The molecule has 2 saturated heterocycles. The Kier molecular flexibility index (Phi) is 10.6. The summed E-state index contributed by atoms with van der Waals surface area (Å²) in [6.07, 6.45) is -4.41. The summed E-state index contributed by atoms with van der Waals surface area (Å²) in [6.45, 7) is 2.04. The number of hydrogen-bond donors (Lipinski definition) is 2. The quantitative estimate of drug-likeness (QED) is 0.348. The van der Waals surface area contributed by atoms with Crippen LogP contribution in [0.4, 0.5) is 13.2 Å². The van der Waals surface area contributed by atoms with Crippen molar-refractivity contribution in [1.82, 2.24) is 14.7 Å². The van der Waals surface area contributed by atoms with Crippen molar-refractivity contribution in [2.75, 3.05) is 46.4 Å². The maximum absolute atomic E-state index is 13.6. The number of nitrogens with zero attached hydrogens (tertiary/aromatic N) is 2. The van der Waals surface area contributed by atoms with E-state index in [9.17, 15) is 31.6 Å². The second-order valence-electron chi connectivity index (χ2n) is 8.51. The summed E-state index contributed by atoms with van der Waals surface area (Å²) < 4.78 is 78.2. The zero-order valence-electron chi connectivity index (χ0n) is 19.7. The highest BCUT2D eigenvalue weighted by atomic mass is 35.5. The van der Waals surface area contributed by atoms with Crippen molar-refractivity contribution in [3.8, 4) is 11.5 Å². The van der Waals surface area contributed by atoms with Crippen LogP contribution < -0.4 is 15.0 Å². The predicted molar refractivity (Wildman–Crippen MR) is 125 cm³/mol. The van der Waals surface area contributed by atoms with Crippen LogP contribution in [-0.4, -0.2) is 92.4 Å². The third-order valence-corrected chi connectivity index (χ3v) is 9.01. The molecule has 1 aromatic rings. The van der Waals surface area contributed by atoms with E-state index in [2.05, 4.69) is 4.74 Å². The number of ether oxygens (including phenoxy) is 3. The van der Waals surface area contributed by atoms with Gasteiger partial charge in [-0.3, -0.25) is 10.0 Å². The van der Waals surface area contributed by atoms with Crippen LogP contribution in [-0.2, 0) is 19.6 Å². The first-order valence-corrected chi connectivity index (χ1v) is 12.6. The molecule has 0 bridgehead atoms. The Labute approximate surface area is 214 Å². The number of piperidine rings is 2. The summed E-state index contributed by atoms with van der Waals surface area (Å²) in [7, 11) is -2.52. The average molecular weight is 562 g/mol. The van der Waals surface area contributed by atoms with Crippen molar-refractivity contribution in [2.45, 2.75) is 42.9 Å². The molecule has 3 rings (SSSR count). The summed E-state index contributed by atoms with van der Waals surface area (Å²) in [6, 6.07) is 4.97. The molecule has 10 nitrogen and oxygen atoms in total. The predicted octanol–water partition coefficient (Wildman–Crippen LogP) is 2.17. The van der Waals surface area contributed by atoms with Crippen molar-refractivity contribution in [2.24, 2.45) is 0 Å². The molecular weight excluding hydrogens is 531 g/mol. The van der Waals surface area contributed by atoms with Gasteiger partial charge in [-0.25, -0.2) is 18.2 Å². The second kappa shape index (κ2) is 12.6. The highest BCUT2D eigenvalue weighted by molar-refractivity contribution is 7.91. The van der Waals surface area contributed by atoms with E-state index in [0.29, 0.717) is 44.8 Å². The van der Waals surface area contributed by atoms with Crippen molar-refractivity contribution >= 4 is 28.3 Å². The fraction of sp³-hybridized carbons (Fsp3) is 0.667. The Morgan fingerprint density at radius 1 is 1.11 bits per heavy atom. The molecule has 0 aliphatic carbocycles. The Hall–Kier alpha value is -1.84. The van der Waals surface area contributed by atoms with E-state index in [0.717, 1.165) is 12.1 Å². The number of alkyl halides is 3. The highest BCUT2D eigenvalue weighted by Crippen LogP contribution is 2.35. The lowest BCUT2D eigenvalue weighted by Gasteiger charge is -2.43. The molecule has 206 valence electrons. The van der Waals surface area contributed by atoms with Gasteiger partial charge in [0.2, 0.25) is 10.0 Å². The molecule has 1 aromatic carbocycles. The molecule has 2 aliphatic rings.